The van der Waals surface area contributed by atoms with Crippen LogP contribution in [0.2, 0.25) is 0 Å². The van der Waals surface area contributed by atoms with Gasteiger partial charge < -0.3 is 21.1 Å². The molecule has 0 aromatic carbocycles. The Labute approximate surface area is 58.1 Å². The largest absolute Gasteiger partial charge is 0.480 e. The van der Waals surface area contributed by atoms with Crippen molar-refractivity contribution >= 4 is 5.97 Å². The molecule has 0 heterocycles. The molecule has 2 atom stereocenters. The molecule has 5 nitrogen and oxygen atoms in total. The van der Waals surface area contributed by atoms with E-state index in [4.69, 9.17) is 21.1 Å². The maximum atomic E-state index is 10.0. The van der Waals surface area contributed by atoms with E-state index in [2.05, 4.69) is 0 Å². The van der Waals surface area contributed by atoms with Gasteiger partial charge in [0.05, 0.1) is 12.7 Å². The number of hydrogen-bond acceptors (Lipinski definition) is 4. The smallest absolute Gasteiger partial charge is 0.320 e. The topological polar surface area (TPSA) is 104 Å². The predicted molar refractivity (Wildman–Crippen MR) is 33.3 cm³/mol. The highest BCUT2D eigenvalue weighted by Crippen LogP contribution is 1.94. The Hall–Kier alpha value is -0.650. The van der Waals surface area contributed by atoms with E-state index in [1.54, 1.807) is 0 Å². The van der Waals surface area contributed by atoms with Gasteiger partial charge in [0, 0.05) is 6.42 Å². The molecule has 0 radical (unpaired) electrons. The van der Waals surface area contributed by atoms with Gasteiger partial charge in [0.25, 0.3) is 0 Å². The lowest BCUT2D eigenvalue weighted by molar-refractivity contribution is -0.139. The Morgan fingerprint density at radius 2 is 2.10 bits per heavy atom. The molecule has 5 heteroatoms. The van der Waals surface area contributed by atoms with Crippen molar-refractivity contribution < 1.29 is 20.1 Å². The van der Waals surface area contributed by atoms with Gasteiger partial charge in [-0.2, -0.15) is 0 Å². The highest BCUT2D eigenvalue weighted by Gasteiger charge is 2.15. The molecule has 5 N–H and O–H groups in total. The molecule has 0 aromatic heterocycles. The van der Waals surface area contributed by atoms with Gasteiger partial charge in [-0.1, -0.05) is 0 Å². The first-order chi connectivity index (χ1) is 4.57. The maximum absolute atomic E-state index is 10.0. The third-order valence-corrected chi connectivity index (χ3v) is 1.05. The molecular formula is C5H11NO4. The van der Waals surface area contributed by atoms with E-state index in [9.17, 15) is 4.79 Å². The maximum Gasteiger partial charge on any atom is 0.320 e. The molecule has 60 valence electrons. The van der Waals surface area contributed by atoms with E-state index in [0.29, 0.717) is 0 Å². The average molecular weight is 149 g/mol. The summed E-state index contributed by atoms with van der Waals surface area (Å²) >= 11 is 0. The predicted octanol–water partition coefficient (Wildman–Crippen LogP) is -1.86. The summed E-state index contributed by atoms with van der Waals surface area (Å²) in [6.07, 6.45) is -1.16. The summed E-state index contributed by atoms with van der Waals surface area (Å²) in [7, 11) is 0. The van der Waals surface area contributed by atoms with Crippen LogP contribution in [0, 0.1) is 0 Å². The lowest BCUT2D eigenvalue weighted by atomic mass is 10.1. The van der Waals surface area contributed by atoms with Crippen molar-refractivity contribution in [1.29, 1.82) is 0 Å². The summed E-state index contributed by atoms with van der Waals surface area (Å²) in [5.74, 6) is -1.17. The van der Waals surface area contributed by atoms with Crippen molar-refractivity contribution in [1.82, 2.24) is 0 Å². The van der Waals surface area contributed by atoms with Crippen LogP contribution in [0.4, 0.5) is 0 Å². The molecule has 0 aliphatic carbocycles. The number of aliphatic carboxylic acids is 1. The summed E-state index contributed by atoms with van der Waals surface area (Å²) in [5.41, 5.74) is 5.02. The van der Waals surface area contributed by atoms with Gasteiger partial charge in [-0.25, -0.2) is 0 Å². The van der Waals surface area contributed by atoms with E-state index in [0.717, 1.165) is 0 Å². The second-order valence-electron chi connectivity index (χ2n) is 2.02. The number of carboxylic acid groups (broad SMARTS) is 1. The third-order valence-electron chi connectivity index (χ3n) is 1.05. The minimum Gasteiger partial charge on any atom is -0.480 e. The van der Waals surface area contributed by atoms with Crippen LogP contribution in [0.15, 0.2) is 0 Å². The molecule has 0 aromatic rings. The zero-order valence-electron chi connectivity index (χ0n) is 5.40. The van der Waals surface area contributed by atoms with Crippen LogP contribution in [0.5, 0.6) is 0 Å². The molecule has 0 bridgehead atoms. The number of rotatable bonds is 4. The lowest BCUT2D eigenvalue weighted by Gasteiger charge is -2.09. The number of aliphatic hydroxyl groups excluding tert-OH is 2. The van der Waals surface area contributed by atoms with Gasteiger partial charge in [0.1, 0.15) is 6.04 Å². The molecule has 0 fully saturated rings. The molecular weight excluding hydrogens is 138 g/mol. The Kier molecular flexibility index (Phi) is 3.94. The first-order valence-electron chi connectivity index (χ1n) is 2.85. The minimum absolute atomic E-state index is 0.119. The van der Waals surface area contributed by atoms with Crippen LogP contribution >= 0.6 is 0 Å². The fourth-order valence-corrected chi connectivity index (χ4v) is 0.468. The summed E-state index contributed by atoms with van der Waals surface area (Å²) in [5, 5.41) is 25.2. The second kappa shape index (κ2) is 4.21. The van der Waals surface area contributed by atoms with Crippen molar-refractivity contribution in [3.8, 4) is 0 Å². The number of hydrogen-bond donors (Lipinski definition) is 4. The zero-order chi connectivity index (χ0) is 8.15. The standard InChI is InChI=1S/C5H11NO4/c6-4(5(9)10)1-3(8)2-7/h3-4,7-8H,1-2,6H2,(H,9,10)/t3-,4-/m0/s1. The van der Waals surface area contributed by atoms with E-state index < -0.39 is 24.7 Å². The SMILES string of the molecule is N[C@@H](C[C@H](O)CO)C(=O)O. The van der Waals surface area contributed by atoms with E-state index >= 15 is 0 Å². The van der Waals surface area contributed by atoms with Gasteiger partial charge >= 0.3 is 5.97 Å². The molecule has 0 saturated heterocycles. The summed E-state index contributed by atoms with van der Waals surface area (Å²) in [6, 6.07) is -1.10. The average Bonchev–Trinajstić information content (AvgIpc) is 1.87. The highest BCUT2D eigenvalue weighted by molar-refractivity contribution is 5.73. The van der Waals surface area contributed by atoms with Crippen LogP contribution in [0.1, 0.15) is 6.42 Å². The van der Waals surface area contributed by atoms with Crippen molar-refractivity contribution in [3.05, 3.63) is 0 Å². The molecule has 0 aliphatic heterocycles. The van der Waals surface area contributed by atoms with Crippen LogP contribution in [-0.2, 0) is 4.79 Å². The van der Waals surface area contributed by atoms with Crippen molar-refractivity contribution in [2.45, 2.75) is 18.6 Å². The van der Waals surface area contributed by atoms with E-state index in [1.165, 1.54) is 0 Å². The van der Waals surface area contributed by atoms with E-state index in [-0.39, 0.29) is 6.42 Å². The minimum atomic E-state index is -1.17. The molecule has 0 amide bonds. The van der Waals surface area contributed by atoms with Gasteiger partial charge in [0.15, 0.2) is 0 Å². The Morgan fingerprint density at radius 1 is 1.60 bits per heavy atom. The number of carbonyl (C=O) groups is 1. The van der Waals surface area contributed by atoms with Gasteiger partial charge in [-0.15, -0.1) is 0 Å². The third kappa shape index (κ3) is 3.39. The van der Waals surface area contributed by atoms with Gasteiger partial charge in [0.2, 0.25) is 0 Å². The van der Waals surface area contributed by atoms with Gasteiger partial charge in [-0.3, -0.25) is 4.79 Å². The fourth-order valence-electron chi connectivity index (χ4n) is 0.468. The second-order valence-corrected chi connectivity index (χ2v) is 2.02. The molecule has 0 rings (SSSR count). The molecule has 0 unspecified atom stereocenters. The number of carboxylic acids is 1. The van der Waals surface area contributed by atoms with Gasteiger partial charge in [-0.05, 0) is 0 Å². The first kappa shape index (κ1) is 9.35. The van der Waals surface area contributed by atoms with Crippen molar-refractivity contribution in [2.75, 3.05) is 6.61 Å². The molecule has 0 aliphatic rings. The summed E-state index contributed by atoms with van der Waals surface area (Å²) in [6.45, 7) is -0.457. The first-order valence-corrected chi connectivity index (χ1v) is 2.85. The van der Waals surface area contributed by atoms with Crippen molar-refractivity contribution in [3.63, 3.8) is 0 Å². The zero-order valence-corrected chi connectivity index (χ0v) is 5.40. The molecule has 0 spiro atoms. The Balaban J connectivity index is 3.56. The summed E-state index contributed by atoms with van der Waals surface area (Å²) < 4.78 is 0. The van der Waals surface area contributed by atoms with Crippen LogP contribution in [-0.4, -0.2) is 40.0 Å². The van der Waals surface area contributed by atoms with E-state index in [1.807, 2.05) is 0 Å². The van der Waals surface area contributed by atoms with Crippen molar-refractivity contribution in [2.24, 2.45) is 5.73 Å². The Morgan fingerprint density at radius 3 is 2.40 bits per heavy atom. The summed E-state index contributed by atoms with van der Waals surface area (Å²) in [4.78, 5) is 10.0. The van der Waals surface area contributed by atoms with Crippen LogP contribution < -0.4 is 5.73 Å². The fraction of sp³-hybridized carbons (Fsp3) is 0.800. The number of aliphatic hydroxyl groups is 2. The Bertz CT molecular complexity index is 116. The monoisotopic (exact) mass is 149 g/mol. The normalized spacial score (nSPS) is 16.3. The lowest BCUT2D eigenvalue weighted by Crippen LogP contribution is -2.35. The van der Waals surface area contributed by atoms with Crippen LogP contribution in [0.3, 0.4) is 0 Å². The van der Waals surface area contributed by atoms with Crippen LogP contribution in [0.25, 0.3) is 0 Å². The quantitative estimate of drug-likeness (QED) is 0.375. The molecule has 10 heavy (non-hydrogen) atoms. The molecule has 0 saturated carbocycles. The highest BCUT2D eigenvalue weighted by atomic mass is 16.4. The number of nitrogens with two attached hydrogens (primary N) is 1.